The standard InChI is InChI=1S/C5H12N2.C4H6O6/c1-7-4-2-6-3-5-7;5-1(3(7)8)2(6)4(9)10/h6H,2-5H2,1H3;1-2,5-6H,(H,7,8)(H,9,10). The number of aliphatic carboxylic acids is 2. The van der Waals surface area contributed by atoms with Gasteiger partial charge in [0.15, 0.2) is 12.2 Å². The predicted octanol–water partition coefficient (Wildman–Crippen LogP) is -2.60. The van der Waals surface area contributed by atoms with Crippen molar-refractivity contribution >= 4 is 11.9 Å². The Bertz CT molecular complexity index is 236. The molecule has 2 unspecified atom stereocenters. The number of aliphatic hydroxyl groups excluding tert-OH is 2. The van der Waals surface area contributed by atoms with E-state index in [1.54, 1.807) is 0 Å². The fourth-order valence-corrected chi connectivity index (χ4v) is 1.05. The van der Waals surface area contributed by atoms with E-state index in [2.05, 4.69) is 17.3 Å². The van der Waals surface area contributed by atoms with Crippen LogP contribution in [0.2, 0.25) is 0 Å². The van der Waals surface area contributed by atoms with Crippen LogP contribution in [0.5, 0.6) is 0 Å². The molecule has 2 atom stereocenters. The molecule has 1 aliphatic rings. The average Bonchev–Trinajstić information content (AvgIpc) is 2.28. The summed E-state index contributed by atoms with van der Waals surface area (Å²) in [4.78, 5) is 21.9. The number of piperazine rings is 1. The Morgan fingerprint density at radius 1 is 1.06 bits per heavy atom. The number of nitrogens with one attached hydrogen (secondary N) is 1. The van der Waals surface area contributed by atoms with E-state index >= 15 is 0 Å². The summed E-state index contributed by atoms with van der Waals surface area (Å²) in [5, 5.41) is 35.8. The molecule has 1 fully saturated rings. The first-order chi connectivity index (χ1) is 7.86. The summed E-state index contributed by atoms with van der Waals surface area (Å²) >= 11 is 0. The molecule has 1 heterocycles. The fraction of sp³-hybridized carbons (Fsp3) is 0.778. The maximum absolute atomic E-state index is 9.77. The van der Waals surface area contributed by atoms with Crippen molar-refractivity contribution < 1.29 is 30.0 Å². The number of likely N-dealkylation sites (N-methyl/N-ethyl adjacent to an activating group) is 1. The SMILES string of the molecule is CN1CCNCC1.O=C(O)C(O)C(O)C(=O)O. The monoisotopic (exact) mass is 250 g/mol. The molecule has 100 valence electrons. The van der Waals surface area contributed by atoms with Crippen molar-refractivity contribution in [1.82, 2.24) is 10.2 Å². The molecule has 8 heteroatoms. The Morgan fingerprint density at radius 2 is 1.41 bits per heavy atom. The van der Waals surface area contributed by atoms with Crippen molar-refractivity contribution in [2.75, 3.05) is 33.2 Å². The summed E-state index contributed by atoms with van der Waals surface area (Å²) in [5.74, 6) is -3.54. The fourth-order valence-electron chi connectivity index (χ4n) is 1.05. The van der Waals surface area contributed by atoms with Gasteiger partial charge in [0.05, 0.1) is 0 Å². The molecule has 0 radical (unpaired) electrons. The Balaban J connectivity index is 0.000000318. The zero-order valence-electron chi connectivity index (χ0n) is 9.54. The molecule has 8 nitrogen and oxygen atoms in total. The highest BCUT2D eigenvalue weighted by Gasteiger charge is 2.29. The van der Waals surface area contributed by atoms with Crippen molar-refractivity contribution in [3.63, 3.8) is 0 Å². The lowest BCUT2D eigenvalue weighted by atomic mass is 10.2. The van der Waals surface area contributed by atoms with Gasteiger partial charge in [-0.2, -0.15) is 0 Å². The number of carboxylic acids is 2. The van der Waals surface area contributed by atoms with E-state index in [0.717, 1.165) is 13.1 Å². The van der Waals surface area contributed by atoms with Crippen LogP contribution >= 0.6 is 0 Å². The molecule has 0 aromatic rings. The van der Waals surface area contributed by atoms with Gasteiger partial charge in [0.2, 0.25) is 0 Å². The number of nitrogens with zero attached hydrogens (tertiary/aromatic N) is 1. The summed E-state index contributed by atoms with van der Waals surface area (Å²) in [5.41, 5.74) is 0. The van der Waals surface area contributed by atoms with Crippen molar-refractivity contribution in [2.45, 2.75) is 12.2 Å². The Hall–Kier alpha value is -1.22. The molecule has 17 heavy (non-hydrogen) atoms. The average molecular weight is 250 g/mol. The van der Waals surface area contributed by atoms with Crippen molar-refractivity contribution in [3.8, 4) is 0 Å². The van der Waals surface area contributed by atoms with E-state index in [1.165, 1.54) is 13.1 Å². The summed E-state index contributed by atoms with van der Waals surface area (Å²) in [6.07, 6.45) is -4.53. The van der Waals surface area contributed by atoms with E-state index in [-0.39, 0.29) is 0 Å². The summed E-state index contributed by atoms with van der Waals surface area (Å²) in [7, 11) is 2.15. The van der Waals surface area contributed by atoms with Gasteiger partial charge in [-0.15, -0.1) is 0 Å². The van der Waals surface area contributed by atoms with Crippen LogP contribution in [0.4, 0.5) is 0 Å². The van der Waals surface area contributed by atoms with E-state index in [0.29, 0.717) is 0 Å². The van der Waals surface area contributed by atoms with Crippen LogP contribution in [-0.2, 0) is 9.59 Å². The Kier molecular flexibility index (Phi) is 7.39. The van der Waals surface area contributed by atoms with Crippen molar-refractivity contribution in [3.05, 3.63) is 0 Å². The third kappa shape index (κ3) is 6.84. The lowest BCUT2D eigenvalue weighted by Crippen LogP contribution is -2.40. The first kappa shape index (κ1) is 15.8. The highest BCUT2D eigenvalue weighted by molar-refractivity contribution is 5.83. The third-order valence-electron chi connectivity index (χ3n) is 2.15. The van der Waals surface area contributed by atoms with Crippen molar-refractivity contribution in [1.29, 1.82) is 0 Å². The minimum atomic E-state index is -2.27. The van der Waals surface area contributed by atoms with Gasteiger partial charge >= 0.3 is 11.9 Å². The van der Waals surface area contributed by atoms with Crippen molar-refractivity contribution in [2.24, 2.45) is 0 Å². The topological polar surface area (TPSA) is 130 Å². The number of hydrogen-bond acceptors (Lipinski definition) is 6. The molecule has 5 N–H and O–H groups in total. The van der Waals surface area contributed by atoms with Gasteiger partial charge in [0, 0.05) is 26.2 Å². The number of carboxylic acid groups (broad SMARTS) is 2. The molecule has 0 aromatic carbocycles. The van der Waals surface area contributed by atoms with Crippen LogP contribution < -0.4 is 5.32 Å². The maximum Gasteiger partial charge on any atom is 0.335 e. The van der Waals surface area contributed by atoms with Gasteiger partial charge in [0.25, 0.3) is 0 Å². The summed E-state index contributed by atoms with van der Waals surface area (Å²) < 4.78 is 0. The predicted molar refractivity (Wildman–Crippen MR) is 57.7 cm³/mol. The van der Waals surface area contributed by atoms with E-state index in [1.807, 2.05) is 0 Å². The van der Waals surface area contributed by atoms with E-state index in [4.69, 9.17) is 20.4 Å². The van der Waals surface area contributed by atoms with Gasteiger partial charge in [-0.3, -0.25) is 0 Å². The van der Waals surface area contributed by atoms with Gasteiger partial charge < -0.3 is 30.6 Å². The molecule has 0 aliphatic carbocycles. The molecule has 1 aliphatic heterocycles. The first-order valence-corrected chi connectivity index (χ1v) is 5.07. The second-order valence-corrected chi connectivity index (χ2v) is 3.62. The Morgan fingerprint density at radius 3 is 1.59 bits per heavy atom. The van der Waals surface area contributed by atoms with Crippen LogP contribution in [0, 0.1) is 0 Å². The molecule has 1 saturated heterocycles. The molecule has 1 rings (SSSR count). The van der Waals surface area contributed by atoms with Gasteiger partial charge in [-0.25, -0.2) is 9.59 Å². The van der Waals surface area contributed by atoms with Crippen LogP contribution in [0.25, 0.3) is 0 Å². The number of carbonyl (C=O) groups is 2. The lowest BCUT2D eigenvalue weighted by molar-refractivity contribution is -0.165. The second kappa shape index (κ2) is 7.96. The highest BCUT2D eigenvalue weighted by atomic mass is 16.4. The molecule has 0 amide bonds. The van der Waals surface area contributed by atoms with Crippen LogP contribution in [0.15, 0.2) is 0 Å². The van der Waals surface area contributed by atoms with Crippen LogP contribution in [-0.4, -0.2) is 82.7 Å². The van der Waals surface area contributed by atoms with E-state index < -0.39 is 24.1 Å². The lowest BCUT2D eigenvalue weighted by Gasteiger charge is -2.21. The minimum Gasteiger partial charge on any atom is -0.479 e. The molecular weight excluding hydrogens is 232 g/mol. The Labute approximate surface area is 98.5 Å². The minimum absolute atomic E-state index is 1.16. The number of rotatable bonds is 3. The highest BCUT2D eigenvalue weighted by Crippen LogP contribution is 1.92. The van der Waals surface area contributed by atoms with Crippen LogP contribution in [0.1, 0.15) is 0 Å². The molecule has 0 bridgehead atoms. The summed E-state index contributed by atoms with van der Waals surface area (Å²) in [6.45, 7) is 4.74. The van der Waals surface area contributed by atoms with Crippen LogP contribution in [0.3, 0.4) is 0 Å². The maximum atomic E-state index is 9.77. The molecule has 0 saturated carbocycles. The van der Waals surface area contributed by atoms with Gasteiger partial charge in [-0.05, 0) is 7.05 Å². The molecule has 0 aromatic heterocycles. The zero-order valence-corrected chi connectivity index (χ0v) is 9.54. The van der Waals surface area contributed by atoms with Gasteiger partial charge in [-0.1, -0.05) is 0 Å². The number of hydrogen-bond donors (Lipinski definition) is 5. The first-order valence-electron chi connectivity index (χ1n) is 5.07. The third-order valence-corrected chi connectivity index (χ3v) is 2.15. The second-order valence-electron chi connectivity index (χ2n) is 3.62. The largest absolute Gasteiger partial charge is 0.479 e. The zero-order chi connectivity index (χ0) is 13.4. The van der Waals surface area contributed by atoms with E-state index in [9.17, 15) is 9.59 Å². The normalized spacial score (nSPS) is 19.7. The smallest absolute Gasteiger partial charge is 0.335 e. The van der Waals surface area contributed by atoms with Gasteiger partial charge in [0.1, 0.15) is 0 Å². The quantitative estimate of drug-likeness (QED) is 0.368. The summed E-state index contributed by atoms with van der Waals surface area (Å²) in [6, 6.07) is 0. The molecule has 0 spiro atoms. The number of aliphatic hydroxyl groups is 2. The molecular formula is C9H18N2O6.